The Morgan fingerprint density at radius 1 is 1.33 bits per heavy atom. The average Bonchev–Trinajstić information content (AvgIpc) is 2.14. The van der Waals surface area contributed by atoms with Gasteiger partial charge in [0.25, 0.3) is 0 Å². The second kappa shape index (κ2) is 5.35. The van der Waals surface area contributed by atoms with E-state index >= 15 is 0 Å². The van der Waals surface area contributed by atoms with Crippen LogP contribution in [0.5, 0.6) is 5.75 Å². The molecule has 1 nitrogen and oxygen atoms in total. The van der Waals surface area contributed by atoms with Gasteiger partial charge in [0.1, 0.15) is 5.82 Å². The predicted molar refractivity (Wildman–Crippen MR) is 58.5 cm³/mol. The van der Waals surface area contributed by atoms with Gasteiger partial charge in [-0.25, -0.2) is 8.78 Å². The molecule has 15 heavy (non-hydrogen) atoms. The second-order valence-corrected chi connectivity index (χ2v) is 4.47. The molecule has 0 aliphatic carbocycles. The molecule has 1 rings (SSSR count). The highest BCUT2D eigenvalue weighted by Gasteiger charge is 2.12. The molecule has 1 aromatic carbocycles. The number of halogens is 2. The molecule has 0 atom stereocenters. The Hall–Kier alpha value is -0.770. The van der Waals surface area contributed by atoms with Crippen LogP contribution in [0.25, 0.3) is 0 Å². The van der Waals surface area contributed by atoms with Gasteiger partial charge < -0.3 is 4.74 Å². The summed E-state index contributed by atoms with van der Waals surface area (Å²) in [4.78, 5) is 0.494. The molecule has 0 radical (unpaired) electrons. The minimum Gasteiger partial charge on any atom is -0.489 e. The molecule has 0 heterocycles. The van der Waals surface area contributed by atoms with Crippen LogP contribution in [0.4, 0.5) is 8.78 Å². The Labute approximate surface area is 92.8 Å². The third kappa shape index (κ3) is 3.38. The van der Waals surface area contributed by atoms with E-state index in [1.165, 1.54) is 17.8 Å². The zero-order chi connectivity index (χ0) is 11.4. The first-order valence-electron chi connectivity index (χ1n) is 4.70. The van der Waals surface area contributed by atoms with E-state index in [4.69, 9.17) is 4.74 Å². The average molecular weight is 232 g/mol. The first-order chi connectivity index (χ1) is 7.04. The fourth-order valence-corrected chi connectivity index (χ4v) is 1.65. The Morgan fingerprint density at radius 2 is 2.00 bits per heavy atom. The molecule has 0 spiro atoms. The van der Waals surface area contributed by atoms with Gasteiger partial charge in [0.2, 0.25) is 0 Å². The van der Waals surface area contributed by atoms with Crippen LogP contribution in [-0.4, -0.2) is 12.9 Å². The van der Waals surface area contributed by atoms with Gasteiger partial charge in [-0.3, -0.25) is 0 Å². The minimum absolute atomic E-state index is 0.151. The van der Waals surface area contributed by atoms with Crippen LogP contribution < -0.4 is 4.74 Å². The van der Waals surface area contributed by atoms with E-state index in [0.717, 1.165) is 6.07 Å². The summed E-state index contributed by atoms with van der Waals surface area (Å²) in [7, 11) is 0. The maximum absolute atomic E-state index is 13.4. The topological polar surface area (TPSA) is 9.23 Å². The van der Waals surface area contributed by atoms with Gasteiger partial charge in [-0.15, -0.1) is 11.8 Å². The van der Waals surface area contributed by atoms with Crippen molar-refractivity contribution >= 4 is 11.8 Å². The minimum atomic E-state index is -0.639. The molecule has 0 aliphatic heterocycles. The van der Waals surface area contributed by atoms with E-state index in [2.05, 4.69) is 0 Å². The van der Waals surface area contributed by atoms with Gasteiger partial charge in [0, 0.05) is 6.07 Å². The van der Waals surface area contributed by atoms with Crippen molar-refractivity contribution in [1.82, 2.24) is 0 Å². The molecule has 0 unspecified atom stereocenters. The Bertz CT molecular complexity index is 340. The summed E-state index contributed by atoms with van der Waals surface area (Å²) in [5, 5.41) is 0. The number of benzene rings is 1. The molecule has 0 bridgehead atoms. The standard InChI is InChI=1S/C11H14F2OS/c1-7(2)6-14-11-9(13)4-8(12)5-10(11)15-3/h4-5,7H,6H2,1-3H3. The molecule has 0 fully saturated rings. The van der Waals surface area contributed by atoms with Crippen molar-refractivity contribution in [3.05, 3.63) is 23.8 Å². The van der Waals surface area contributed by atoms with E-state index in [1.807, 2.05) is 13.8 Å². The highest BCUT2D eigenvalue weighted by Crippen LogP contribution is 2.31. The largest absolute Gasteiger partial charge is 0.489 e. The van der Waals surface area contributed by atoms with E-state index in [1.54, 1.807) is 6.26 Å². The van der Waals surface area contributed by atoms with Gasteiger partial charge in [0.15, 0.2) is 11.6 Å². The normalized spacial score (nSPS) is 10.8. The van der Waals surface area contributed by atoms with Crippen molar-refractivity contribution in [2.75, 3.05) is 12.9 Å². The summed E-state index contributed by atoms with van der Waals surface area (Å²) in [6.45, 7) is 4.37. The third-order valence-corrected chi connectivity index (χ3v) is 2.50. The summed E-state index contributed by atoms with van der Waals surface area (Å²) < 4.78 is 31.6. The van der Waals surface area contributed by atoms with Crippen LogP contribution in [0.1, 0.15) is 13.8 Å². The lowest BCUT2D eigenvalue weighted by Crippen LogP contribution is -2.06. The van der Waals surface area contributed by atoms with Crippen molar-refractivity contribution < 1.29 is 13.5 Å². The van der Waals surface area contributed by atoms with E-state index in [-0.39, 0.29) is 5.75 Å². The van der Waals surface area contributed by atoms with Crippen LogP contribution in [0.2, 0.25) is 0 Å². The van der Waals surface area contributed by atoms with Crippen molar-refractivity contribution in [3.8, 4) is 5.75 Å². The summed E-state index contributed by atoms with van der Waals surface area (Å²) in [6, 6.07) is 2.12. The Morgan fingerprint density at radius 3 is 2.53 bits per heavy atom. The summed E-state index contributed by atoms with van der Waals surface area (Å²) >= 11 is 1.27. The van der Waals surface area contributed by atoms with E-state index < -0.39 is 11.6 Å². The van der Waals surface area contributed by atoms with E-state index in [0.29, 0.717) is 17.4 Å². The molecule has 1 aromatic rings. The van der Waals surface area contributed by atoms with Crippen LogP contribution in [0.3, 0.4) is 0 Å². The SMILES string of the molecule is CSc1cc(F)cc(F)c1OCC(C)C. The first-order valence-corrected chi connectivity index (χ1v) is 5.93. The summed E-state index contributed by atoms with van der Waals surface area (Å²) in [5.41, 5.74) is 0. The van der Waals surface area contributed by atoms with Crippen LogP contribution in [0.15, 0.2) is 17.0 Å². The van der Waals surface area contributed by atoms with Crippen LogP contribution in [0, 0.1) is 17.6 Å². The highest BCUT2D eigenvalue weighted by molar-refractivity contribution is 7.98. The lowest BCUT2D eigenvalue weighted by molar-refractivity contribution is 0.252. The molecule has 0 saturated carbocycles. The van der Waals surface area contributed by atoms with Crippen molar-refractivity contribution in [2.24, 2.45) is 5.92 Å². The molecule has 0 saturated heterocycles. The molecule has 4 heteroatoms. The lowest BCUT2D eigenvalue weighted by Gasteiger charge is -2.12. The third-order valence-electron chi connectivity index (χ3n) is 1.76. The molecular formula is C11H14F2OS. The molecular weight excluding hydrogens is 218 g/mol. The zero-order valence-corrected chi connectivity index (χ0v) is 9.83. The number of hydrogen-bond acceptors (Lipinski definition) is 2. The summed E-state index contributed by atoms with van der Waals surface area (Å²) in [6.07, 6.45) is 1.76. The molecule has 0 aromatic heterocycles. The second-order valence-electron chi connectivity index (χ2n) is 3.62. The number of ether oxygens (including phenoxy) is 1. The molecule has 84 valence electrons. The highest BCUT2D eigenvalue weighted by atomic mass is 32.2. The fraction of sp³-hybridized carbons (Fsp3) is 0.455. The smallest absolute Gasteiger partial charge is 0.169 e. The van der Waals surface area contributed by atoms with Gasteiger partial charge >= 0.3 is 0 Å². The Balaban J connectivity index is 2.93. The Kier molecular flexibility index (Phi) is 4.39. The van der Waals surface area contributed by atoms with Gasteiger partial charge in [-0.2, -0.15) is 0 Å². The number of thioether (sulfide) groups is 1. The van der Waals surface area contributed by atoms with Gasteiger partial charge in [-0.1, -0.05) is 13.8 Å². The molecule has 0 aliphatic rings. The van der Waals surface area contributed by atoms with E-state index in [9.17, 15) is 8.78 Å². The number of rotatable bonds is 4. The quantitative estimate of drug-likeness (QED) is 0.732. The van der Waals surface area contributed by atoms with Crippen LogP contribution in [-0.2, 0) is 0 Å². The predicted octanol–water partition coefficient (Wildman–Crippen LogP) is 3.72. The van der Waals surface area contributed by atoms with Crippen molar-refractivity contribution in [1.29, 1.82) is 0 Å². The maximum atomic E-state index is 13.4. The zero-order valence-electron chi connectivity index (χ0n) is 9.01. The van der Waals surface area contributed by atoms with Crippen LogP contribution >= 0.6 is 11.8 Å². The number of hydrogen-bond donors (Lipinski definition) is 0. The maximum Gasteiger partial charge on any atom is 0.169 e. The summed E-state index contributed by atoms with van der Waals surface area (Å²) in [5.74, 6) is -0.754. The molecule has 0 N–H and O–H groups in total. The van der Waals surface area contributed by atoms with Crippen molar-refractivity contribution in [3.63, 3.8) is 0 Å². The van der Waals surface area contributed by atoms with Crippen molar-refractivity contribution in [2.45, 2.75) is 18.7 Å². The monoisotopic (exact) mass is 232 g/mol. The van der Waals surface area contributed by atoms with Gasteiger partial charge in [-0.05, 0) is 18.2 Å². The molecule has 0 amide bonds. The first kappa shape index (κ1) is 12.3. The van der Waals surface area contributed by atoms with Gasteiger partial charge in [0.05, 0.1) is 11.5 Å². The fourth-order valence-electron chi connectivity index (χ4n) is 1.08. The lowest BCUT2D eigenvalue weighted by atomic mass is 10.2.